The van der Waals surface area contributed by atoms with Crippen LogP contribution in [0, 0.1) is 0 Å². The van der Waals surface area contributed by atoms with Crippen molar-refractivity contribution < 1.29 is 54.0 Å². The number of phenols is 1. The summed E-state index contributed by atoms with van der Waals surface area (Å²) in [5.74, 6) is -4.64. The first-order valence-electron chi connectivity index (χ1n) is 24.9. The van der Waals surface area contributed by atoms with Gasteiger partial charge < -0.3 is 56.8 Å². The molecule has 7 amide bonds. The molecule has 9 N–H and O–H groups in total. The van der Waals surface area contributed by atoms with E-state index in [1.54, 1.807) is 24.3 Å². The van der Waals surface area contributed by atoms with Crippen molar-refractivity contribution in [2.24, 2.45) is 0 Å². The van der Waals surface area contributed by atoms with Gasteiger partial charge in [0.2, 0.25) is 41.4 Å². The van der Waals surface area contributed by atoms with Crippen molar-refractivity contribution in [1.82, 2.24) is 36.4 Å². The average molecular weight is 964 g/mol. The highest BCUT2D eigenvalue weighted by molar-refractivity contribution is 5.95. The lowest BCUT2D eigenvalue weighted by Crippen LogP contribution is -2.54. The molecule has 3 atom stereocenters. The second kappa shape index (κ2) is 29.4. The van der Waals surface area contributed by atoms with Crippen molar-refractivity contribution in [1.29, 1.82) is 0 Å². The largest absolute Gasteiger partial charge is 0.507 e. The Bertz CT molecular complexity index is 2020. The molecule has 4 bridgehead atoms. The SMILES string of the molecule is CCCCCCCCCCCCCCCC(=O)N(C)C(CO)C(=O)NCC(=O)NCC(=O)N(C)C1C(=O)NCC(=O)N[C@H](C(=O)NC(CO)CO)Cc2ccc(O)c(c2)-c2cc1ccc2C1CCC1. The minimum Gasteiger partial charge on any atom is -0.507 e. The fourth-order valence-electron chi connectivity index (χ4n) is 8.75. The number of hydrogen-bond acceptors (Lipinski definition) is 11. The second-order valence-corrected chi connectivity index (χ2v) is 18.5. The van der Waals surface area contributed by atoms with Gasteiger partial charge in [-0.1, -0.05) is 109 Å². The average Bonchev–Trinajstić information content (AvgIpc) is 3.32. The lowest BCUT2D eigenvalue weighted by atomic mass is 9.76. The fourth-order valence-corrected chi connectivity index (χ4v) is 8.75. The molecule has 69 heavy (non-hydrogen) atoms. The maximum Gasteiger partial charge on any atom is 0.247 e. The first-order chi connectivity index (χ1) is 33.2. The lowest BCUT2D eigenvalue weighted by Gasteiger charge is -2.32. The Morgan fingerprint density at radius 2 is 1.39 bits per heavy atom. The van der Waals surface area contributed by atoms with Crippen LogP contribution < -0.4 is 26.6 Å². The first-order valence-corrected chi connectivity index (χ1v) is 24.9. The Morgan fingerprint density at radius 1 is 0.754 bits per heavy atom. The second-order valence-electron chi connectivity index (χ2n) is 18.5. The molecule has 2 unspecified atom stereocenters. The number of carbonyl (C=O) groups excluding carboxylic acids is 7. The molecular formula is C51H77N7O11. The van der Waals surface area contributed by atoms with Gasteiger partial charge in [-0.05, 0) is 65.6 Å². The van der Waals surface area contributed by atoms with E-state index in [4.69, 9.17) is 0 Å². The summed E-state index contributed by atoms with van der Waals surface area (Å²) >= 11 is 0. The molecule has 2 aliphatic rings. The van der Waals surface area contributed by atoms with Gasteiger partial charge in [-0.3, -0.25) is 33.6 Å². The van der Waals surface area contributed by atoms with E-state index in [0.717, 1.165) is 49.0 Å². The maximum absolute atomic E-state index is 14.1. The van der Waals surface area contributed by atoms with Gasteiger partial charge in [0.15, 0.2) is 0 Å². The van der Waals surface area contributed by atoms with Crippen LogP contribution in [0.4, 0.5) is 0 Å². The van der Waals surface area contributed by atoms with E-state index in [1.807, 2.05) is 6.07 Å². The summed E-state index contributed by atoms with van der Waals surface area (Å²) in [6.07, 6.45) is 18.2. The van der Waals surface area contributed by atoms with Crippen LogP contribution in [0.25, 0.3) is 11.1 Å². The maximum atomic E-state index is 14.1. The third kappa shape index (κ3) is 17.4. The normalized spacial score (nSPS) is 16.6. The van der Waals surface area contributed by atoms with Gasteiger partial charge in [0.1, 0.15) is 23.9 Å². The molecule has 1 fully saturated rings. The van der Waals surface area contributed by atoms with Crippen molar-refractivity contribution in [3.63, 3.8) is 0 Å². The monoisotopic (exact) mass is 964 g/mol. The number of nitrogens with zero attached hydrogens (tertiary/aromatic N) is 2. The molecule has 1 saturated carbocycles. The topological polar surface area (TPSA) is 267 Å². The van der Waals surface area contributed by atoms with E-state index in [9.17, 15) is 54.0 Å². The Morgan fingerprint density at radius 3 is 1.99 bits per heavy atom. The standard InChI is InChI=1S/C51H77N7O11/c1-4-5-6-7-8-9-10-11-12-13-14-15-16-20-46(65)57(2)42(33-61)50(68)53-28-44(63)52-30-47(66)58(3)48-36-22-23-38(35-18-17-19-35)39(27-36)40-25-34(21-24-43(40)62)26-41(49(67)55-37(31-59)32-60)56-45(64)29-54-51(48)69/h21-25,27,35,37,41-42,48,59-62H,4-20,26,28-33H2,1-3H3,(H,52,63)(H,53,68)(H,54,69)(H,55,67)(H,56,64)/t41-,42?,48?/m0/s1. The van der Waals surface area contributed by atoms with Crippen molar-refractivity contribution in [2.75, 3.05) is 53.6 Å². The zero-order valence-electron chi connectivity index (χ0n) is 40.9. The molecule has 4 rings (SSSR count). The molecule has 2 aromatic rings. The molecule has 0 spiro atoms. The van der Waals surface area contributed by atoms with Crippen molar-refractivity contribution in [3.05, 3.63) is 53.1 Å². The molecule has 2 aromatic carbocycles. The Balaban J connectivity index is 1.37. The van der Waals surface area contributed by atoms with Gasteiger partial charge >= 0.3 is 0 Å². The number of nitrogens with one attached hydrogen (secondary N) is 5. The van der Waals surface area contributed by atoms with Gasteiger partial charge in [0.05, 0.1) is 45.5 Å². The van der Waals surface area contributed by atoms with Crippen molar-refractivity contribution in [3.8, 4) is 16.9 Å². The van der Waals surface area contributed by atoms with Gasteiger partial charge in [-0.2, -0.15) is 0 Å². The third-order valence-corrected chi connectivity index (χ3v) is 13.3. The number of amides is 7. The Kier molecular flexibility index (Phi) is 23.9. The third-order valence-electron chi connectivity index (χ3n) is 13.3. The number of carbonyl (C=O) groups is 7. The summed E-state index contributed by atoms with van der Waals surface area (Å²) < 4.78 is 0. The van der Waals surface area contributed by atoms with Crippen LogP contribution in [-0.2, 0) is 40.0 Å². The molecule has 18 heteroatoms. The summed E-state index contributed by atoms with van der Waals surface area (Å²) in [4.78, 5) is 95.7. The molecule has 18 nitrogen and oxygen atoms in total. The summed E-state index contributed by atoms with van der Waals surface area (Å²) in [7, 11) is 2.79. The van der Waals surface area contributed by atoms with Crippen LogP contribution in [0.5, 0.6) is 5.75 Å². The Hall–Kier alpha value is -5.59. The summed E-state index contributed by atoms with van der Waals surface area (Å²) in [6, 6.07) is 5.29. The highest BCUT2D eigenvalue weighted by Gasteiger charge is 2.33. The molecule has 0 aromatic heterocycles. The molecule has 1 aliphatic heterocycles. The predicted octanol–water partition coefficient (Wildman–Crippen LogP) is 2.99. The molecule has 382 valence electrons. The summed E-state index contributed by atoms with van der Waals surface area (Å²) in [5, 5.41) is 53.0. The van der Waals surface area contributed by atoms with E-state index >= 15 is 0 Å². The molecule has 0 saturated heterocycles. The highest BCUT2D eigenvalue weighted by Crippen LogP contribution is 2.44. The minimum absolute atomic E-state index is 0.0333. The predicted molar refractivity (Wildman–Crippen MR) is 260 cm³/mol. The quantitative estimate of drug-likeness (QED) is 0.0588. The molecule has 0 radical (unpaired) electrons. The van der Waals surface area contributed by atoms with Crippen LogP contribution in [0.1, 0.15) is 145 Å². The molecule has 1 aliphatic carbocycles. The van der Waals surface area contributed by atoms with Crippen molar-refractivity contribution >= 4 is 41.4 Å². The zero-order chi connectivity index (χ0) is 50.3. The van der Waals surface area contributed by atoms with E-state index in [0.29, 0.717) is 28.7 Å². The van der Waals surface area contributed by atoms with Crippen LogP contribution in [0.15, 0.2) is 36.4 Å². The number of unbranched alkanes of at least 4 members (excludes halogenated alkanes) is 12. The number of benzene rings is 2. The zero-order valence-corrected chi connectivity index (χ0v) is 40.9. The molecule has 1 heterocycles. The van der Waals surface area contributed by atoms with Crippen LogP contribution in [0.2, 0.25) is 0 Å². The number of phenolic OH excluding ortho intramolecular Hbond substituents is 1. The smallest absolute Gasteiger partial charge is 0.247 e. The van der Waals surface area contributed by atoms with E-state index in [1.165, 1.54) is 82.8 Å². The molecular weight excluding hydrogens is 887 g/mol. The highest BCUT2D eigenvalue weighted by atomic mass is 16.3. The van der Waals surface area contributed by atoms with Crippen LogP contribution in [-0.4, -0.2) is 143 Å². The van der Waals surface area contributed by atoms with Crippen LogP contribution in [0.3, 0.4) is 0 Å². The minimum atomic E-state index is -1.35. The number of aliphatic hydroxyl groups is 3. The number of hydrogen-bond donors (Lipinski definition) is 9. The first kappa shape index (κ1) is 56.0. The number of rotatable bonds is 27. The van der Waals surface area contributed by atoms with E-state index in [2.05, 4.69) is 33.5 Å². The Labute approximate surface area is 406 Å². The summed E-state index contributed by atoms with van der Waals surface area (Å²) in [5.41, 5.74) is 2.84. The van der Waals surface area contributed by atoms with Crippen molar-refractivity contribution in [2.45, 2.75) is 153 Å². The lowest BCUT2D eigenvalue weighted by molar-refractivity contribution is -0.141. The fraction of sp³-hybridized carbons (Fsp3) is 0.627. The van der Waals surface area contributed by atoms with Crippen LogP contribution >= 0.6 is 0 Å². The van der Waals surface area contributed by atoms with E-state index < -0.39 is 99.1 Å². The van der Waals surface area contributed by atoms with Gasteiger partial charge in [-0.25, -0.2) is 0 Å². The van der Waals surface area contributed by atoms with Gasteiger partial charge in [0.25, 0.3) is 0 Å². The van der Waals surface area contributed by atoms with Gasteiger partial charge in [-0.15, -0.1) is 0 Å². The van der Waals surface area contributed by atoms with Gasteiger partial charge in [0, 0.05) is 32.5 Å². The number of aromatic hydroxyl groups is 1. The number of aliphatic hydroxyl groups excluding tert-OH is 3. The summed E-state index contributed by atoms with van der Waals surface area (Å²) in [6.45, 7) is -1.30. The number of fused-ring (bicyclic) bond motifs is 5. The number of likely N-dealkylation sites (N-methyl/N-ethyl adjacent to an activating group) is 2. The van der Waals surface area contributed by atoms with E-state index in [-0.39, 0.29) is 30.4 Å².